The quantitative estimate of drug-likeness (QED) is 0.0286. The molecular weight excluding hydrogens is 929 g/mol. The summed E-state index contributed by atoms with van der Waals surface area (Å²) in [5, 5.41) is 85.6. The van der Waals surface area contributed by atoms with E-state index in [1.165, 1.54) is 27.7 Å². The summed E-state index contributed by atoms with van der Waals surface area (Å²) in [4.78, 5) is 97.1. The Kier molecular flexibility index (Phi) is 29.3. The van der Waals surface area contributed by atoms with Crippen LogP contribution in [0.2, 0.25) is 0 Å². The number of aliphatic hydroxyl groups excluding tert-OH is 6. The van der Waals surface area contributed by atoms with Crippen LogP contribution in [0.15, 0.2) is 0 Å². The Morgan fingerprint density at radius 3 is 1.76 bits per heavy atom. The maximum atomic E-state index is 13.0. The fraction of sp³-hybridized carbons (Fsp3) is 0.822. The lowest BCUT2D eigenvalue weighted by molar-refractivity contribution is -0.348. The molecule has 2 heterocycles. The molecule has 2 aliphatic heterocycles. The third-order valence-corrected chi connectivity index (χ3v) is 11.7. The number of amides is 6. The summed E-state index contributed by atoms with van der Waals surface area (Å²) in [5.41, 5.74) is 0. The van der Waals surface area contributed by atoms with Gasteiger partial charge < -0.3 is 91.4 Å². The van der Waals surface area contributed by atoms with E-state index in [9.17, 15) is 69.0 Å². The number of ketones is 1. The Bertz CT molecular complexity index is 1660. The number of hydrogen-bond donors (Lipinski definition) is 13. The number of carboxylic acid groups (broad SMARTS) is 1. The van der Waals surface area contributed by atoms with Gasteiger partial charge in [0, 0.05) is 39.3 Å². The van der Waals surface area contributed by atoms with Gasteiger partial charge in [-0.2, -0.15) is 0 Å². The van der Waals surface area contributed by atoms with Crippen LogP contribution in [-0.4, -0.2) is 195 Å². The number of nitrogens with one attached hydrogen (secondary N) is 6. The van der Waals surface area contributed by atoms with E-state index in [1.807, 2.05) is 0 Å². The van der Waals surface area contributed by atoms with Crippen molar-refractivity contribution in [2.24, 2.45) is 0 Å². The molecule has 0 radical (unpaired) electrons. The van der Waals surface area contributed by atoms with Crippen molar-refractivity contribution in [1.82, 2.24) is 31.9 Å². The van der Waals surface area contributed by atoms with Gasteiger partial charge in [0.25, 0.3) is 0 Å². The molecule has 25 heteroatoms. The van der Waals surface area contributed by atoms with Crippen molar-refractivity contribution in [1.29, 1.82) is 0 Å². The van der Waals surface area contributed by atoms with E-state index in [1.54, 1.807) is 0 Å². The monoisotopic (exact) mass is 1010 g/mol. The molecule has 0 spiro atoms. The Morgan fingerprint density at radius 1 is 0.586 bits per heavy atom. The molecule has 13 N–H and O–H groups in total. The molecular formula is C45H78N6O19. The zero-order valence-corrected chi connectivity index (χ0v) is 40.7. The number of rotatable bonds is 34. The smallest absolute Gasteiger partial charge is 0.303 e. The fourth-order valence-electron chi connectivity index (χ4n) is 7.64. The third kappa shape index (κ3) is 22.8. The molecule has 0 unspecified atom stereocenters. The largest absolute Gasteiger partial charge is 0.481 e. The molecule has 70 heavy (non-hydrogen) atoms. The predicted molar refractivity (Wildman–Crippen MR) is 245 cm³/mol. The molecule has 6 amide bonds. The first-order chi connectivity index (χ1) is 33.2. The van der Waals surface area contributed by atoms with Crippen molar-refractivity contribution < 1.29 is 93.0 Å². The Labute approximate surface area is 407 Å². The topological polar surface area (TPSA) is 387 Å². The maximum Gasteiger partial charge on any atom is 0.303 e. The summed E-state index contributed by atoms with van der Waals surface area (Å²) >= 11 is 0. The summed E-state index contributed by atoms with van der Waals surface area (Å²) in [7, 11) is 0. The predicted octanol–water partition coefficient (Wildman–Crippen LogP) is -2.98. The lowest BCUT2D eigenvalue weighted by Gasteiger charge is -2.47. The highest BCUT2D eigenvalue weighted by Gasteiger charge is 2.51. The van der Waals surface area contributed by atoms with Crippen LogP contribution >= 0.6 is 0 Å². The van der Waals surface area contributed by atoms with Gasteiger partial charge in [-0.25, -0.2) is 0 Å². The van der Waals surface area contributed by atoms with Crippen molar-refractivity contribution >= 4 is 47.2 Å². The van der Waals surface area contributed by atoms with Gasteiger partial charge in [-0.15, -0.1) is 0 Å². The van der Waals surface area contributed by atoms with Crippen molar-refractivity contribution in [2.75, 3.05) is 32.9 Å². The van der Waals surface area contributed by atoms with Gasteiger partial charge in [0.2, 0.25) is 35.4 Å². The minimum Gasteiger partial charge on any atom is -0.481 e. The normalized spacial score (nSPS) is 25.6. The first-order valence-electron chi connectivity index (χ1n) is 24.1. The summed E-state index contributed by atoms with van der Waals surface area (Å²) in [6.07, 6.45) is -4.46. The molecule has 0 saturated carbocycles. The average molecular weight is 1010 g/mol. The number of carboxylic acids is 1. The first-order valence-corrected chi connectivity index (χ1v) is 24.1. The Balaban J connectivity index is 1.61. The van der Waals surface area contributed by atoms with Crippen LogP contribution in [0, 0.1) is 0 Å². The molecule has 25 nitrogen and oxygen atoms in total. The molecule has 0 aromatic rings. The zero-order valence-electron chi connectivity index (χ0n) is 40.7. The lowest BCUT2D eigenvalue weighted by Crippen LogP contribution is -2.67. The second kappa shape index (κ2) is 33.3. The number of aliphatic carboxylic acids is 1. The Hall–Kier alpha value is -4.44. The van der Waals surface area contributed by atoms with Crippen LogP contribution < -0.4 is 31.9 Å². The van der Waals surface area contributed by atoms with Gasteiger partial charge in [0.15, 0.2) is 12.6 Å². The molecule has 2 fully saturated rings. The van der Waals surface area contributed by atoms with Crippen molar-refractivity contribution in [3.8, 4) is 0 Å². The summed E-state index contributed by atoms with van der Waals surface area (Å²) in [5.74, 6) is -4.99. The summed E-state index contributed by atoms with van der Waals surface area (Å²) in [6, 6.07) is -4.69. The van der Waals surface area contributed by atoms with Crippen LogP contribution in [0.5, 0.6) is 0 Å². The second-order valence-corrected chi connectivity index (χ2v) is 17.8. The minimum atomic E-state index is -1.77. The van der Waals surface area contributed by atoms with Gasteiger partial charge >= 0.3 is 5.97 Å². The molecule has 2 rings (SSSR count). The fourth-order valence-corrected chi connectivity index (χ4v) is 7.64. The highest BCUT2D eigenvalue weighted by atomic mass is 16.7. The summed E-state index contributed by atoms with van der Waals surface area (Å²) in [6.45, 7) is 4.30. The number of carbonyl (C=O) groups excluding carboxylic acids is 7. The molecule has 402 valence electrons. The summed E-state index contributed by atoms with van der Waals surface area (Å²) < 4.78 is 22.8. The van der Waals surface area contributed by atoms with Crippen LogP contribution in [-0.2, 0) is 57.3 Å². The van der Waals surface area contributed by atoms with Crippen LogP contribution in [0.1, 0.15) is 124 Å². The van der Waals surface area contributed by atoms with E-state index >= 15 is 0 Å². The highest BCUT2D eigenvalue weighted by Crippen LogP contribution is 2.30. The average Bonchev–Trinajstić information content (AvgIpc) is 3.30. The van der Waals surface area contributed by atoms with Gasteiger partial charge in [0.1, 0.15) is 72.7 Å². The van der Waals surface area contributed by atoms with E-state index in [-0.39, 0.29) is 38.2 Å². The molecule has 0 aromatic carbocycles. The lowest BCUT2D eigenvalue weighted by atomic mass is 9.95. The van der Waals surface area contributed by atoms with Gasteiger partial charge in [0.05, 0.1) is 19.8 Å². The number of hydrogen-bond acceptors (Lipinski definition) is 18. The van der Waals surface area contributed by atoms with Gasteiger partial charge in [-0.3, -0.25) is 33.6 Å². The van der Waals surface area contributed by atoms with E-state index in [2.05, 4.69) is 31.9 Å². The van der Waals surface area contributed by atoms with E-state index in [0.717, 1.165) is 57.8 Å². The van der Waals surface area contributed by atoms with Crippen LogP contribution in [0.3, 0.4) is 0 Å². The number of Topliss-reactive ketones (excluding diaryl/α,β-unsaturated/α-hetero) is 1. The van der Waals surface area contributed by atoms with E-state index in [4.69, 9.17) is 24.1 Å². The standard InChI is InChI=1S/C45H78N6O19/c1-25(54)16-15-17-32(56)48-27(3)42(65)51-29(18-19-34(58)59)43(66)49-26(2)41(64)47-22-33(57)46-20-13-11-9-7-5-6-8-10-12-14-21-67-44-35(50-28(4)55)37(61)40(31(24-53)69-44)70-45-39(63)38(62)36(60)30(23-52)68-45/h26-27,29-31,35-40,44-45,52-53,60-63H,5-24H2,1-4H3,(H,46,57)(H,47,64)(H,48,56)(H,49,66)(H,50,55)(H,51,65)(H,58,59)/t26-,27-,29-,30+,31+,35+,36-,37+,38-,39+,40+,44+,45-/m0/s1. The molecule has 2 aliphatic rings. The Morgan fingerprint density at radius 2 is 1.17 bits per heavy atom. The first kappa shape index (κ1) is 61.7. The second-order valence-electron chi connectivity index (χ2n) is 17.8. The molecule has 2 saturated heterocycles. The highest BCUT2D eigenvalue weighted by molar-refractivity contribution is 5.95. The minimum absolute atomic E-state index is 0.0115. The number of aliphatic hydroxyl groups is 6. The number of ether oxygens (including phenoxy) is 4. The third-order valence-electron chi connectivity index (χ3n) is 11.7. The van der Waals surface area contributed by atoms with Crippen molar-refractivity contribution in [3.63, 3.8) is 0 Å². The van der Waals surface area contributed by atoms with E-state index < -0.39 is 141 Å². The zero-order chi connectivity index (χ0) is 52.3. The number of carbonyl (C=O) groups is 8. The molecule has 13 atom stereocenters. The van der Waals surface area contributed by atoms with Crippen LogP contribution in [0.25, 0.3) is 0 Å². The SMILES string of the molecule is CC(=O)CCCC(=O)N[C@@H](C)C(=O)N[C@@H](CCC(=O)O)C(=O)N[C@@H](C)C(=O)NCC(=O)NCCCCCCCCCCCCO[C@@H]1O[C@H](CO)[C@@H](O[C@@H]2O[C@H](CO)[C@H](O)[C@H](O)[C@H]2O)[C@H](O)[C@H]1NC(C)=O. The molecule has 0 aliphatic carbocycles. The molecule has 0 bridgehead atoms. The molecule has 0 aromatic heterocycles. The van der Waals surface area contributed by atoms with Crippen molar-refractivity contribution in [2.45, 2.75) is 203 Å². The van der Waals surface area contributed by atoms with Crippen molar-refractivity contribution in [3.05, 3.63) is 0 Å². The maximum absolute atomic E-state index is 13.0. The van der Waals surface area contributed by atoms with Gasteiger partial charge in [-0.05, 0) is 46.5 Å². The van der Waals surface area contributed by atoms with Crippen LogP contribution in [0.4, 0.5) is 0 Å². The number of unbranched alkanes of at least 4 members (excludes halogenated alkanes) is 9. The van der Waals surface area contributed by atoms with E-state index in [0.29, 0.717) is 19.4 Å². The van der Waals surface area contributed by atoms with Gasteiger partial charge in [-0.1, -0.05) is 51.4 Å².